The van der Waals surface area contributed by atoms with Gasteiger partial charge in [-0.3, -0.25) is 0 Å². The van der Waals surface area contributed by atoms with Crippen LogP contribution in [0.15, 0.2) is 108 Å². The summed E-state index contributed by atoms with van der Waals surface area (Å²) in [6.45, 7) is 4.32. The smallest absolute Gasteiger partial charge is 0.00143 e. The van der Waals surface area contributed by atoms with Crippen molar-refractivity contribution in [1.29, 1.82) is 0 Å². The number of benzene rings is 3. The van der Waals surface area contributed by atoms with Crippen LogP contribution in [0.3, 0.4) is 0 Å². The Hall–Kier alpha value is -3.36. The molecule has 4 rings (SSSR count). The number of rotatable bonds is 6. The summed E-state index contributed by atoms with van der Waals surface area (Å²) in [7, 11) is 0. The molecule has 0 unspecified atom stereocenters. The van der Waals surface area contributed by atoms with E-state index in [4.69, 9.17) is 5.73 Å². The average Bonchev–Trinajstić information content (AvgIpc) is 2.89. The third-order valence-corrected chi connectivity index (χ3v) is 6.90. The van der Waals surface area contributed by atoms with Gasteiger partial charge in [0.1, 0.15) is 0 Å². The third-order valence-electron chi connectivity index (χ3n) is 6.31. The predicted molar refractivity (Wildman–Crippen MR) is 153 cm³/mol. The molecule has 1 nitrogen and oxygen atoms in total. The average molecular weight is 509 g/mol. The van der Waals surface area contributed by atoms with Crippen LogP contribution in [0.4, 0.5) is 0 Å². The van der Waals surface area contributed by atoms with E-state index in [0.717, 1.165) is 12.8 Å². The molecule has 0 fully saturated rings. The fraction of sp³-hybridized carbons (Fsp3) is 0.125. The zero-order valence-corrected chi connectivity index (χ0v) is 21.3. The molecule has 3 aromatic rings. The van der Waals surface area contributed by atoms with Crippen LogP contribution >= 0.6 is 15.9 Å². The van der Waals surface area contributed by atoms with Crippen LogP contribution in [0.25, 0.3) is 33.9 Å². The number of hydrogen-bond donors (Lipinski definition) is 1. The molecule has 2 heteroatoms. The molecule has 0 radical (unpaired) electrons. The summed E-state index contributed by atoms with van der Waals surface area (Å²) in [5, 5.41) is 0. The van der Waals surface area contributed by atoms with Gasteiger partial charge in [0.05, 0.1) is 0 Å². The summed E-state index contributed by atoms with van der Waals surface area (Å²) >= 11 is 3.56. The van der Waals surface area contributed by atoms with E-state index in [1.165, 1.54) is 55.7 Å². The van der Waals surface area contributed by atoms with E-state index >= 15 is 0 Å². The van der Waals surface area contributed by atoms with Gasteiger partial charge in [-0.2, -0.15) is 0 Å². The Bertz CT molecular complexity index is 1310. The van der Waals surface area contributed by atoms with Gasteiger partial charge in [-0.1, -0.05) is 107 Å². The maximum Gasteiger partial charge on any atom is -0.00143 e. The highest BCUT2D eigenvalue weighted by atomic mass is 79.9. The minimum Gasteiger partial charge on any atom is -0.405 e. The van der Waals surface area contributed by atoms with E-state index < -0.39 is 0 Å². The molecule has 2 N–H and O–H groups in total. The first kappa shape index (κ1) is 23.8. The largest absolute Gasteiger partial charge is 0.405 e. The van der Waals surface area contributed by atoms with Gasteiger partial charge in [0.25, 0.3) is 0 Å². The van der Waals surface area contributed by atoms with Crippen molar-refractivity contribution in [3.05, 3.63) is 130 Å². The lowest BCUT2D eigenvalue weighted by Crippen LogP contribution is -2.07. The minimum absolute atomic E-state index is 0.843. The fourth-order valence-corrected chi connectivity index (χ4v) is 5.13. The highest BCUT2D eigenvalue weighted by molar-refractivity contribution is 9.11. The van der Waals surface area contributed by atoms with Gasteiger partial charge in [0, 0.05) is 0 Å². The van der Waals surface area contributed by atoms with E-state index in [-0.39, 0.29) is 0 Å². The molecule has 0 aromatic heterocycles. The molecule has 0 saturated heterocycles. The number of halogens is 1. The molecule has 3 aromatic carbocycles. The highest BCUT2D eigenvalue weighted by Crippen LogP contribution is 2.45. The molecule has 0 amide bonds. The summed E-state index contributed by atoms with van der Waals surface area (Å²) < 4.78 is 0. The second-order valence-corrected chi connectivity index (χ2v) is 8.88. The van der Waals surface area contributed by atoms with Crippen molar-refractivity contribution in [2.24, 2.45) is 5.73 Å². The molecule has 170 valence electrons. The summed E-state index contributed by atoms with van der Waals surface area (Å²) in [5.41, 5.74) is 18.6. The third kappa shape index (κ3) is 4.78. The maximum absolute atomic E-state index is 6.00. The number of hydrogen-bond acceptors (Lipinski definition) is 1. The molecule has 0 saturated carbocycles. The molecular formula is C32H30BrN. The van der Waals surface area contributed by atoms with Crippen molar-refractivity contribution in [2.75, 3.05) is 0 Å². The van der Waals surface area contributed by atoms with Gasteiger partial charge < -0.3 is 5.73 Å². The molecule has 1 aliphatic rings. The van der Waals surface area contributed by atoms with Crippen LogP contribution in [0.5, 0.6) is 0 Å². The van der Waals surface area contributed by atoms with Gasteiger partial charge >= 0.3 is 0 Å². The van der Waals surface area contributed by atoms with E-state index in [2.05, 4.69) is 127 Å². The highest BCUT2D eigenvalue weighted by Gasteiger charge is 2.24. The zero-order valence-electron chi connectivity index (χ0n) is 19.8. The normalized spacial score (nSPS) is 14.9. The Labute approximate surface area is 211 Å². The first-order valence-electron chi connectivity index (χ1n) is 11.7. The van der Waals surface area contributed by atoms with Crippen molar-refractivity contribution in [1.82, 2.24) is 0 Å². The van der Waals surface area contributed by atoms with Gasteiger partial charge in [-0.05, 0) is 99.6 Å². The Balaban J connectivity index is 2.19. The summed E-state index contributed by atoms with van der Waals surface area (Å²) in [4.78, 5) is 2.03. The summed E-state index contributed by atoms with van der Waals surface area (Å²) in [5.74, 6) is 0. The van der Waals surface area contributed by atoms with Crippen LogP contribution < -0.4 is 5.73 Å². The van der Waals surface area contributed by atoms with Crippen molar-refractivity contribution >= 4 is 27.6 Å². The first-order chi connectivity index (χ1) is 16.7. The van der Waals surface area contributed by atoms with Gasteiger partial charge in [0.15, 0.2) is 0 Å². The molecule has 0 bridgehead atoms. The van der Waals surface area contributed by atoms with Crippen molar-refractivity contribution in [2.45, 2.75) is 26.7 Å². The maximum atomic E-state index is 6.00. The van der Waals surface area contributed by atoms with Crippen LogP contribution in [-0.4, -0.2) is 0 Å². The molecule has 0 heterocycles. The van der Waals surface area contributed by atoms with Gasteiger partial charge in [-0.25, -0.2) is 0 Å². The number of allylic oxidation sites excluding steroid dienone is 7. The van der Waals surface area contributed by atoms with Crippen LogP contribution in [0, 0.1) is 6.92 Å². The lowest BCUT2D eigenvalue weighted by Gasteiger charge is -2.27. The molecule has 34 heavy (non-hydrogen) atoms. The van der Waals surface area contributed by atoms with Crippen LogP contribution in [0.1, 0.15) is 35.6 Å². The van der Waals surface area contributed by atoms with E-state index in [9.17, 15) is 0 Å². The zero-order chi connectivity index (χ0) is 23.9. The lowest BCUT2D eigenvalue weighted by atomic mass is 9.77. The molecule has 0 atom stereocenters. The SMILES string of the molecule is C/C=C\Cc1c(C2=CC=C/C(=C\Br)C2)c(-c2ccccc2)c(C)c(/C=C\N)c1-c1ccccc1. The monoisotopic (exact) mass is 507 g/mol. The Kier molecular flexibility index (Phi) is 7.82. The van der Waals surface area contributed by atoms with Crippen molar-refractivity contribution in [3.8, 4) is 22.3 Å². The fourth-order valence-electron chi connectivity index (χ4n) is 4.82. The molecule has 0 aliphatic heterocycles. The Morgan fingerprint density at radius 3 is 2.15 bits per heavy atom. The second kappa shape index (κ2) is 11.2. The van der Waals surface area contributed by atoms with Crippen LogP contribution in [0.2, 0.25) is 0 Å². The summed E-state index contributed by atoms with van der Waals surface area (Å²) in [6, 6.07) is 21.4. The second-order valence-electron chi connectivity index (χ2n) is 8.42. The molecule has 1 aliphatic carbocycles. The first-order valence-corrected chi connectivity index (χ1v) is 12.6. The van der Waals surface area contributed by atoms with E-state index in [0.29, 0.717) is 0 Å². The van der Waals surface area contributed by atoms with Gasteiger partial charge in [-0.15, -0.1) is 0 Å². The quantitative estimate of drug-likeness (QED) is 0.330. The predicted octanol–water partition coefficient (Wildman–Crippen LogP) is 9.00. The molecular weight excluding hydrogens is 478 g/mol. The minimum atomic E-state index is 0.843. The lowest BCUT2D eigenvalue weighted by molar-refractivity contribution is 1.19. The Morgan fingerprint density at radius 1 is 0.912 bits per heavy atom. The van der Waals surface area contributed by atoms with Crippen molar-refractivity contribution in [3.63, 3.8) is 0 Å². The van der Waals surface area contributed by atoms with E-state index in [1.54, 1.807) is 6.20 Å². The van der Waals surface area contributed by atoms with Crippen LogP contribution in [-0.2, 0) is 6.42 Å². The standard InChI is InChI=1S/C32H30BrN/c1-3-4-18-29-31(26-15-9-6-10-16-26)28(19-20-34)23(2)30(25-13-7-5-8-14-25)32(29)27-17-11-12-24(21-27)22-33/h3-17,19-20,22H,18,21,34H2,1-2H3/b4-3-,20-19-,24-22+. The van der Waals surface area contributed by atoms with Gasteiger partial charge in [0.2, 0.25) is 0 Å². The summed E-state index contributed by atoms with van der Waals surface area (Å²) in [6.07, 6.45) is 16.4. The Morgan fingerprint density at radius 2 is 1.56 bits per heavy atom. The molecule has 0 spiro atoms. The van der Waals surface area contributed by atoms with E-state index in [1.807, 2.05) is 4.99 Å². The number of nitrogens with two attached hydrogens (primary N) is 1. The van der Waals surface area contributed by atoms with Crippen molar-refractivity contribution < 1.29 is 0 Å². The topological polar surface area (TPSA) is 26.0 Å².